The molecule has 0 aromatic heterocycles. The lowest BCUT2D eigenvalue weighted by Gasteiger charge is -2.07. The Morgan fingerprint density at radius 3 is 2.45 bits per heavy atom. The second-order valence-corrected chi connectivity index (χ2v) is 4.69. The third-order valence-electron chi connectivity index (χ3n) is 2.45. The molecule has 20 heavy (non-hydrogen) atoms. The molecule has 1 rings (SSSR count). The molecule has 0 radical (unpaired) electrons. The van der Waals surface area contributed by atoms with Crippen molar-refractivity contribution in [1.29, 1.82) is 0 Å². The minimum absolute atomic E-state index is 0.113. The molecule has 0 atom stereocenters. The van der Waals surface area contributed by atoms with Crippen LogP contribution in [-0.2, 0) is 14.3 Å². The molecule has 0 aliphatic carbocycles. The molecule has 0 aliphatic heterocycles. The molecule has 0 aliphatic rings. The second-order valence-electron chi connectivity index (χ2n) is 4.25. The lowest BCUT2D eigenvalue weighted by Crippen LogP contribution is -2.30. The Bertz CT molecular complexity index is 435. The number of anilines is 1. The molecule has 5 nitrogen and oxygen atoms in total. The topological polar surface area (TPSA) is 67.4 Å². The van der Waals surface area contributed by atoms with Crippen LogP contribution in [0.15, 0.2) is 24.3 Å². The van der Waals surface area contributed by atoms with Crippen molar-refractivity contribution in [3.63, 3.8) is 0 Å². The zero-order valence-electron chi connectivity index (χ0n) is 11.4. The van der Waals surface area contributed by atoms with Gasteiger partial charge in [-0.15, -0.1) is 0 Å². The Labute approximate surface area is 123 Å². The lowest BCUT2D eigenvalue weighted by atomic mass is 10.3. The normalized spacial score (nSPS) is 10.1. The maximum atomic E-state index is 11.5. The summed E-state index contributed by atoms with van der Waals surface area (Å²) in [4.78, 5) is 22.9. The average molecular weight is 299 g/mol. The van der Waals surface area contributed by atoms with Gasteiger partial charge in [-0.3, -0.25) is 9.59 Å². The van der Waals surface area contributed by atoms with E-state index in [1.807, 2.05) is 6.92 Å². The number of carbonyl (C=O) groups excluding carboxylic acids is 2. The number of nitrogens with one attached hydrogen (secondary N) is 2. The molecular formula is C14H19ClN2O3. The van der Waals surface area contributed by atoms with E-state index in [1.165, 1.54) is 0 Å². The smallest absolute Gasteiger partial charge is 0.250 e. The van der Waals surface area contributed by atoms with Crippen molar-refractivity contribution in [3.05, 3.63) is 29.3 Å². The fourth-order valence-electron chi connectivity index (χ4n) is 1.42. The van der Waals surface area contributed by atoms with Crippen molar-refractivity contribution in [2.45, 2.75) is 19.8 Å². The molecule has 2 N–H and O–H groups in total. The Kier molecular flexibility index (Phi) is 7.69. The number of unbranched alkanes of at least 4 members (excludes halogenated alkanes) is 1. The average Bonchev–Trinajstić information content (AvgIpc) is 2.42. The van der Waals surface area contributed by atoms with Crippen LogP contribution in [0.4, 0.5) is 5.69 Å². The summed E-state index contributed by atoms with van der Waals surface area (Å²) in [6.45, 7) is 2.40. The van der Waals surface area contributed by atoms with Crippen LogP contribution in [0.3, 0.4) is 0 Å². The molecule has 0 saturated carbocycles. The standard InChI is InChI=1S/C14H19ClN2O3/c1-2-3-8-16-13(18)9-20-10-14(19)17-12-6-4-11(15)5-7-12/h4-7H,2-3,8-10H2,1H3,(H,16,18)(H,17,19). The summed E-state index contributed by atoms with van der Waals surface area (Å²) in [6, 6.07) is 6.74. The molecule has 0 saturated heterocycles. The highest BCUT2D eigenvalue weighted by Gasteiger charge is 2.05. The van der Waals surface area contributed by atoms with E-state index < -0.39 is 0 Å². The maximum Gasteiger partial charge on any atom is 0.250 e. The zero-order chi connectivity index (χ0) is 14.8. The molecular weight excluding hydrogens is 280 g/mol. The molecule has 2 amide bonds. The summed E-state index contributed by atoms with van der Waals surface area (Å²) in [5, 5.41) is 5.94. The van der Waals surface area contributed by atoms with Gasteiger partial charge >= 0.3 is 0 Å². The molecule has 110 valence electrons. The predicted octanol–water partition coefficient (Wildman–Crippen LogP) is 2.21. The molecule has 0 unspecified atom stereocenters. The number of amides is 2. The third-order valence-corrected chi connectivity index (χ3v) is 2.70. The van der Waals surface area contributed by atoms with Gasteiger partial charge in [-0.1, -0.05) is 24.9 Å². The van der Waals surface area contributed by atoms with E-state index in [9.17, 15) is 9.59 Å². The van der Waals surface area contributed by atoms with Crippen molar-refractivity contribution in [3.8, 4) is 0 Å². The lowest BCUT2D eigenvalue weighted by molar-refractivity contribution is -0.128. The molecule has 0 fully saturated rings. The summed E-state index contributed by atoms with van der Waals surface area (Å²) in [5.74, 6) is -0.522. The molecule has 6 heteroatoms. The van der Waals surface area contributed by atoms with E-state index in [0.29, 0.717) is 17.3 Å². The van der Waals surface area contributed by atoms with Gasteiger partial charge in [-0.25, -0.2) is 0 Å². The number of rotatable bonds is 8. The number of hydrogen-bond donors (Lipinski definition) is 2. The Balaban J connectivity index is 2.17. The molecule has 0 heterocycles. The number of ether oxygens (including phenoxy) is 1. The second kappa shape index (κ2) is 9.34. The van der Waals surface area contributed by atoms with E-state index in [2.05, 4.69) is 10.6 Å². The minimum atomic E-state index is -0.311. The van der Waals surface area contributed by atoms with Crippen molar-refractivity contribution in [2.24, 2.45) is 0 Å². The Hall–Kier alpha value is -1.59. The summed E-state index contributed by atoms with van der Waals surface area (Å²) < 4.78 is 5.03. The maximum absolute atomic E-state index is 11.5. The first kappa shape index (κ1) is 16.5. The van der Waals surface area contributed by atoms with E-state index in [4.69, 9.17) is 16.3 Å². The summed E-state index contributed by atoms with van der Waals surface area (Å²) >= 11 is 5.74. The molecule has 0 spiro atoms. The fraction of sp³-hybridized carbons (Fsp3) is 0.429. The van der Waals surface area contributed by atoms with Gasteiger partial charge < -0.3 is 15.4 Å². The van der Waals surface area contributed by atoms with Crippen molar-refractivity contribution >= 4 is 29.1 Å². The fourth-order valence-corrected chi connectivity index (χ4v) is 1.55. The zero-order valence-corrected chi connectivity index (χ0v) is 12.2. The van der Waals surface area contributed by atoms with Crippen molar-refractivity contribution < 1.29 is 14.3 Å². The predicted molar refractivity (Wildman–Crippen MR) is 78.8 cm³/mol. The van der Waals surface area contributed by atoms with Gasteiger partial charge in [0.15, 0.2) is 0 Å². The molecule has 1 aromatic carbocycles. The number of carbonyl (C=O) groups is 2. The minimum Gasteiger partial charge on any atom is -0.362 e. The number of halogens is 1. The van der Waals surface area contributed by atoms with Gasteiger partial charge in [-0.2, -0.15) is 0 Å². The van der Waals surface area contributed by atoms with Gasteiger partial charge in [0.25, 0.3) is 0 Å². The number of benzene rings is 1. The number of hydrogen-bond acceptors (Lipinski definition) is 3. The summed E-state index contributed by atoms with van der Waals surface area (Å²) in [6.07, 6.45) is 1.95. The van der Waals surface area contributed by atoms with E-state index in [1.54, 1.807) is 24.3 Å². The monoisotopic (exact) mass is 298 g/mol. The highest BCUT2D eigenvalue weighted by atomic mass is 35.5. The first-order chi connectivity index (χ1) is 9.61. The molecule has 0 bridgehead atoms. The Morgan fingerprint density at radius 2 is 1.80 bits per heavy atom. The van der Waals surface area contributed by atoms with Gasteiger partial charge in [0.1, 0.15) is 13.2 Å². The highest BCUT2D eigenvalue weighted by Crippen LogP contribution is 2.13. The molecule has 1 aromatic rings. The van der Waals surface area contributed by atoms with Crippen LogP contribution in [0.1, 0.15) is 19.8 Å². The SMILES string of the molecule is CCCCNC(=O)COCC(=O)Nc1ccc(Cl)cc1. The van der Waals surface area contributed by atoms with Crippen molar-refractivity contribution in [1.82, 2.24) is 5.32 Å². The van der Waals surface area contributed by atoms with E-state index >= 15 is 0 Å². The van der Waals surface area contributed by atoms with E-state index in [0.717, 1.165) is 12.8 Å². The van der Waals surface area contributed by atoms with E-state index in [-0.39, 0.29) is 25.0 Å². The van der Waals surface area contributed by atoms with Crippen LogP contribution < -0.4 is 10.6 Å². The largest absolute Gasteiger partial charge is 0.362 e. The van der Waals surface area contributed by atoms with Crippen LogP contribution in [0.25, 0.3) is 0 Å². The quantitative estimate of drug-likeness (QED) is 0.723. The first-order valence-electron chi connectivity index (χ1n) is 6.51. The van der Waals surface area contributed by atoms with Gasteiger partial charge in [0.05, 0.1) is 0 Å². The van der Waals surface area contributed by atoms with Gasteiger partial charge in [0, 0.05) is 17.3 Å². The van der Waals surface area contributed by atoms with Gasteiger partial charge in [0.2, 0.25) is 11.8 Å². The van der Waals surface area contributed by atoms with Crippen LogP contribution >= 0.6 is 11.6 Å². The summed E-state index contributed by atoms with van der Waals surface area (Å²) in [7, 11) is 0. The summed E-state index contributed by atoms with van der Waals surface area (Å²) in [5.41, 5.74) is 0.635. The van der Waals surface area contributed by atoms with Gasteiger partial charge in [-0.05, 0) is 30.7 Å². The van der Waals surface area contributed by atoms with Crippen LogP contribution in [0, 0.1) is 0 Å². The first-order valence-corrected chi connectivity index (χ1v) is 6.89. The van der Waals surface area contributed by atoms with Crippen LogP contribution in [0.2, 0.25) is 5.02 Å². The van der Waals surface area contributed by atoms with Crippen molar-refractivity contribution in [2.75, 3.05) is 25.1 Å². The van der Waals surface area contributed by atoms with Crippen LogP contribution in [0.5, 0.6) is 0 Å². The highest BCUT2D eigenvalue weighted by molar-refractivity contribution is 6.30. The third kappa shape index (κ3) is 7.11. The Morgan fingerprint density at radius 1 is 1.15 bits per heavy atom. The van der Waals surface area contributed by atoms with Crippen LogP contribution in [-0.4, -0.2) is 31.6 Å².